The van der Waals surface area contributed by atoms with Crippen molar-refractivity contribution in [1.29, 1.82) is 0 Å². The predicted molar refractivity (Wildman–Crippen MR) is 103 cm³/mol. The van der Waals surface area contributed by atoms with Crippen molar-refractivity contribution in [2.24, 2.45) is 0 Å². The van der Waals surface area contributed by atoms with Gasteiger partial charge in [-0.1, -0.05) is 56.7 Å². The van der Waals surface area contributed by atoms with Gasteiger partial charge in [-0.3, -0.25) is 9.36 Å². The number of nitrogens with one attached hydrogen (secondary N) is 1. The monoisotopic (exact) mass is 357 g/mol. The maximum absolute atomic E-state index is 12.5. The van der Waals surface area contributed by atoms with Gasteiger partial charge in [0.25, 0.3) is 0 Å². The number of imidazole rings is 1. The minimum atomic E-state index is -0.159. The van der Waals surface area contributed by atoms with Crippen molar-refractivity contribution >= 4 is 17.7 Å². The van der Waals surface area contributed by atoms with E-state index in [9.17, 15) is 4.79 Å². The van der Waals surface area contributed by atoms with E-state index >= 15 is 0 Å². The van der Waals surface area contributed by atoms with Gasteiger partial charge in [0, 0.05) is 18.4 Å². The van der Waals surface area contributed by atoms with Crippen molar-refractivity contribution in [3.05, 3.63) is 42.2 Å². The highest BCUT2D eigenvalue weighted by Crippen LogP contribution is 2.29. The van der Waals surface area contributed by atoms with Crippen LogP contribution in [0.3, 0.4) is 0 Å². The van der Waals surface area contributed by atoms with Gasteiger partial charge in [-0.2, -0.15) is 0 Å². The molecule has 1 fully saturated rings. The number of rotatable bonds is 6. The van der Waals surface area contributed by atoms with Crippen LogP contribution in [0.5, 0.6) is 0 Å². The van der Waals surface area contributed by atoms with E-state index in [1.807, 2.05) is 19.2 Å². The van der Waals surface area contributed by atoms with E-state index in [1.165, 1.54) is 30.2 Å². The zero-order valence-electron chi connectivity index (χ0n) is 15.2. The van der Waals surface area contributed by atoms with Gasteiger partial charge >= 0.3 is 0 Å². The van der Waals surface area contributed by atoms with Crippen molar-refractivity contribution in [1.82, 2.24) is 14.9 Å². The van der Waals surface area contributed by atoms with Crippen molar-refractivity contribution in [3.8, 4) is 5.69 Å². The van der Waals surface area contributed by atoms with Gasteiger partial charge in [0.1, 0.15) is 0 Å². The third-order valence-electron chi connectivity index (χ3n) is 4.78. The van der Waals surface area contributed by atoms with Crippen LogP contribution >= 0.6 is 11.8 Å². The zero-order chi connectivity index (χ0) is 17.8. The highest BCUT2D eigenvalue weighted by atomic mass is 32.2. The average molecular weight is 358 g/mol. The SMILES string of the molecule is CC(Sc1nccn1-c1ccccc1C(C)C)C(=O)NC1CCCC1. The van der Waals surface area contributed by atoms with Crippen LogP contribution in [0.15, 0.2) is 41.8 Å². The number of para-hydroxylation sites is 1. The van der Waals surface area contributed by atoms with Crippen LogP contribution in [-0.4, -0.2) is 26.8 Å². The van der Waals surface area contributed by atoms with E-state index in [0.717, 1.165) is 23.7 Å². The lowest BCUT2D eigenvalue weighted by molar-refractivity contribution is -0.120. The van der Waals surface area contributed by atoms with Gasteiger partial charge in [-0.25, -0.2) is 4.98 Å². The minimum Gasteiger partial charge on any atom is -0.352 e. The van der Waals surface area contributed by atoms with Crippen molar-refractivity contribution in [2.45, 2.75) is 68.8 Å². The van der Waals surface area contributed by atoms with Gasteiger partial charge in [-0.15, -0.1) is 0 Å². The first kappa shape index (κ1) is 18.1. The van der Waals surface area contributed by atoms with E-state index in [-0.39, 0.29) is 11.2 Å². The lowest BCUT2D eigenvalue weighted by Crippen LogP contribution is -2.37. The second-order valence-corrected chi connectivity index (χ2v) is 8.35. The summed E-state index contributed by atoms with van der Waals surface area (Å²) in [7, 11) is 0. The molecule has 1 aliphatic rings. The Bertz CT molecular complexity index is 719. The summed E-state index contributed by atoms with van der Waals surface area (Å²) >= 11 is 1.52. The smallest absolute Gasteiger partial charge is 0.233 e. The molecule has 0 spiro atoms. The molecule has 134 valence electrons. The van der Waals surface area contributed by atoms with Crippen molar-refractivity contribution in [2.75, 3.05) is 0 Å². The van der Waals surface area contributed by atoms with E-state index in [4.69, 9.17) is 0 Å². The number of thioether (sulfide) groups is 1. The third kappa shape index (κ3) is 4.27. The molecule has 1 atom stereocenters. The van der Waals surface area contributed by atoms with E-state index in [0.29, 0.717) is 12.0 Å². The largest absolute Gasteiger partial charge is 0.352 e. The van der Waals surface area contributed by atoms with Crippen LogP contribution < -0.4 is 5.32 Å². The van der Waals surface area contributed by atoms with Crippen LogP contribution in [0, 0.1) is 0 Å². The van der Waals surface area contributed by atoms with E-state index in [1.54, 1.807) is 6.20 Å². The van der Waals surface area contributed by atoms with E-state index in [2.05, 4.69) is 46.9 Å². The molecule has 3 rings (SSSR count). The number of hydrogen-bond donors (Lipinski definition) is 1. The summed E-state index contributed by atoms with van der Waals surface area (Å²) < 4.78 is 2.10. The molecular weight excluding hydrogens is 330 g/mol. The Labute approximate surface area is 154 Å². The molecule has 1 aromatic carbocycles. The van der Waals surface area contributed by atoms with Gasteiger partial charge in [0.15, 0.2) is 5.16 Å². The lowest BCUT2D eigenvalue weighted by atomic mass is 10.0. The first-order chi connectivity index (χ1) is 12.1. The number of carbonyl (C=O) groups excluding carboxylic acids is 1. The number of nitrogens with zero attached hydrogens (tertiary/aromatic N) is 2. The summed E-state index contributed by atoms with van der Waals surface area (Å²) in [6.07, 6.45) is 8.46. The number of benzene rings is 1. The second kappa shape index (κ2) is 8.09. The normalized spacial score (nSPS) is 16.3. The molecule has 1 unspecified atom stereocenters. The number of aromatic nitrogens is 2. The zero-order valence-corrected chi connectivity index (χ0v) is 16.1. The molecule has 5 heteroatoms. The van der Waals surface area contributed by atoms with Gasteiger partial charge < -0.3 is 5.32 Å². The fourth-order valence-corrected chi connectivity index (χ4v) is 4.24. The predicted octanol–water partition coefficient (Wildman–Crippen LogP) is 4.54. The maximum Gasteiger partial charge on any atom is 0.233 e. The molecule has 0 bridgehead atoms. The Morgan fingerprint density at radius 2 is 1.96 bits per heavy atom. The molecular formula is C20H27N3OS. The average Bonchev–Trinajstić information content (AvgIpc) is 3.26. The fourth-order valence-electron chi connectivity index (χ4n) is 3.36. The molecule has 0 radical (unpaired) electrons. The minimum absolute atomic E-state index is 0.114. The molecule has 0 saturated heterocycles. The number of carbonyl (C=O) groups is 1. The summed E-state index contributed by atoms with van der Waals surface area (Å²) in [6.45, 7) is 6.35. The van der Waals surface area contributed by atoms with Gasteiger partial charge in [-0.05, 0) is 37.3 Å². The molecule has 2 aromatic rings. The molecule has 4 nitrogen and oxygen atoms in total. The highest BCUT2D eigenvalue weighted by Gasteiger charge is 2.23. The Kier molecular flexibility index (Phi) is 5.84. The molecule has 1 heterocycles. The van der Waals surface area contributed by atoms with Crippen LogP contribution in [0.4, 0.5) is 0 Å². The highest BCUT2D eigenvalue weighted by molar-refractivity contribution is 8.00. The summed E-state index contributed by atoms with van der Waals surface area (Å²) in [5, 5.41) is 3.89. The Morgan fingerprint density at radius 3 is 2.68 bits per heavy atom. The quantitative estimate of drug-likeness (QED) is 0.772. The summed E-state index contributed by atoms with van der Waals surface area (Å²) in [4.78, 5) is 17.0. The van der Waals surface area contributed by atoms with Crippen LogP contribution in [0.25, 0.3) is 5.69 Å². The van der Waals surface area contributed by atoms with Gasteiger partial charge in [0.2, 0.25) is 5.91 Å². The lowest BCUT2D eigenvalue weighted by Gasteiger charge is -2.18. The topological polar surface area (TPSA) is 46.9 Å². The molecule has 1 saturated carbocycles. The van der Waals surface area contributed by atoms with Crippen LogP contribution in [0.2, 0.25) is 0 Å². The van der Waals surface area contributed by atoms with Crippen LogP contribution in [-0.2, 0) is 4.79 Å². The Morgan fingerprint density at radius 1 is 1.24 bits per heavy atom. The van der Waals surface area contributed by atoms with Gasteiger partial charge in [0.05, 0.1) is 10.9 Å². The molecule has 1 amide bonds. The molecule has 1 aromatic heterocycles. The molecule has 1 aliphatic carbocycles. The molecule has 0 aliphatic heterocycles. The standard InChI is InChI=1S/C20H27N3OS/c1-14(2)17-10-6-7-11-18(17)23-13-12-21-20(23)25-15(3)19(24)22-16-8-4-5-9-16/h6-7,10-16H,4-5,8-9H2,1-3H3,(H,22,24). The van der Waals surface area contributed by atoms with Crippen LogP contribution in [0.1, 0.15) is 57.9 Å². The Hall–Kier alpha value is -1.75. The second-order valence-electron chi connectivity index (χ2n) is 7.04. The van der Waals surface area contributed by atoms with Crippen molar-refractivity contribution < 1.29 is 4.79 Å². The fraction of sp³-hybridized carbons (Fsp3) is 0.500. The first-order valence-corrected chi connectivity index (χ1v) is 10.0. The first-order valence-electron chi connectivity index (χ1n) is 9.16. The number of amides is 1. The molecule has 25 heavy (non-hydrogen) atoms. The summed E-state index contributed by atoms with van der Waals surface area (Å²) in [5.41, 5.74) is 2.42. The summed E-state index contributed by atoms with van der Waals surface area (Å²) in [6, 6.07) is 8.75. The van der Waals surface area contributed by atoms with E-state index < -0.39 is 0 Å². The summed E-state index contributed by atoms with van der Waals surface area (Å²) in [5.74, 6) is 0.545. The van der Waals surface area contributed by atoms with Crippen molar-refractivity contribution in [3.63, 3.8) is 0 Å². The maximum atomic E-state index is 12.5. The number of hydrogen-bond acceptors (Lipinski definition) is 3. The third-order valence-corrected chi connectivity index (χ3v) is 5.86. The Balaban J connectivity index is 1.74. The molecule has 1 N–H and O–H groups in total.